The second kappa shape index (κ2) is 6.40. The average molecular weight is 360 g/mol. The molecular formula is C18H20N2O4S. The molecule has 6 nitrogen and oxygen atoms in total. The van der Waals surface area contributed by atoms with Crippen molar-refractivity contribution in [3.63, 3.8) is 0 Å². The molecule has 0 unspecified atom stereocenters. The first-order chi connectivity index (χ1) is 11.8. The summed E-state index contributed by atoms with van der Waals surface area (Å²) < 4.78 is 33.3. The fourth-order valence-corrected chi connectivity index (χ4v) is 4.20. The highest BCUT2D eigenvalue weighted by Crippen LogP contribution is 2.37. The number of hydrogen-bond acceptors (Lipinski definition) is 4. The Balaban J connectivity index is 2.10. The summed E-state index contributed by atoms with van der Waals surface area (Å²) in [7, 11) is -2.31. The molecule has 1 atom stereocenters. The van der Waals surface area contributed by atoms with Crippen LogP contribution in [0.25, 0.3) is 0 Å². The molecule has 0 saturated carbocycles. The molecule has 3 rings (SSSR count). The van der Waals surface area contributed by atoms with Gasteiger partial charge in [0.15, 0.2) is 6.10 Å². The van der Waals surface area contributed by atoms with Crippen LogP contribution in [0, 0.1) is 13.8 Å². The second-order valence-electron chi connectivity index (χ2n) is 6.04. The van der Waals surface area contributed by atoms with Crippen molar-refractivity contribution in [1.82, 2.24) is 5.32 Å². The van der Waals surface area contributed by atoms with Crippen molar-refractivity contribution in [3.05, 3.63) is 53.6 Å². The van der Waals surface area contributed by atoms with Crippen molar-refractivity contribution in [2.45, 2.75) is 24.8 Å². The van der Waals surface area contributed by atoms with Crippen molar-refractivity contribution in [2.24, 2.45) is 0 Å². The van der Waals surface area contributed by atoms with E-state index in [0.717, 1.165) is 11.1 Å². The van der Waals surface area contributed by atoms with Gasteiger partial charge in [-0.2, -0.15) is 0 Å². The Morgan fingerprint density at radius 2 is 1.76 bits per heavy atom. The van der Waals surface area contributed by atoms with Crippen molar-refractivity contribution >= 4 is 21.6 Å². The minimum absolute atomic E-state index is 0.0774. The summed E-state index contributed by atoms with van der Waals surface area (Å²) in [5, 5.41) is 2.51. The van der Waals surface area contributed by atoms with Crippen molar-refractivity contribution in [3.8, 4) is 5.75 Å². The lowest BCUT2D eigenvalue weighted by Gasteiger charge is -2.34. The van der Waals surface area contributed by atoms with E-state index in [9.17, 15) is 13.2 Å². The lowest BCUT2D eigenvalue weighted by Crippen LogP contribution is -2.50. The summed E-state index contributed by atoms with van der Waals surface area (Å²) in [6.45, 7) is 3.70. The van der Waals surface area contributed by atoms with E-state index in [1.165, 1.54) is 11.4 Å². The van der Waals surface area contributed by atoms with E-state index in [1.54, 1.807) is 36.4 Å². The van der Waals surface area contributed by atoms with Crippen LogP contribution in [-0.4, -0.2) is 34.0 Å². The van der Waals surface area contributed by atoms with Crippen LogP contribution < -0.4 is 14.4 Å². The van der Waals surface area contributed by atoms with E-state index in [2.05, 4.69) is 5.32 Å². The maximum atomic E-state index is 13.1. The van der Waals surface area contributed by atoms with Crippen molar-refractivity contribution in [1.29, 1.82) is 0 Å². The average Bonchev–Trinajstić information content (AvgIpc) is 2.60. The number of ether oxygens (including phenoxy) is 1. The number of hydrogen-bond donors (Lipinski definition) is 1. The van der Waals surface area contributed by atoms with Gasteiger partial charge in [0.1, 0.15) is 5.75 Å². The van der Waals surface area contributed by atoms with Gasteiger partial charge in [-0.25, -0.2) is 8.42 Å². The third-order valence-electron chi connectivity index (χ3n) is 4.13. The van der Waals surface area contributed by atoms with Gasteiger partial charge in [-0.3, -0.25) is 9.10 Å². The molecule has 1 heterocycles. The van der Waals surface area contributed by atoms with Crippen LogP contribution in [0.3, 0.4) is 0 Å². The number of fused-ring (bicyclic) bond motifs is 1. The molecule has 7 heteroatoms. The summed E-state index contributed by atoms with van der Waals surface area (Å²) >= 11 is 0. The molecule has 2 aromatic rings. The van der Waals surface area contributed by atoms with Gasteiger partial charge in [0.25, 0.3) is 15.9 Å². The van der Waals surface area contributed by atoms with E-state index in [4.69, 9.17) is 4.74 Å². The smallest absolute Gasteiger partial charge is 0.264 e. The van der Waals surface area contributed by atoms with Crippen LogP contribution in [0.5, 0.6) is 5.75 Å². The van der Waals surface area contributed by atoms with Crippen LogP contribution in [0.15, 0.2) is 47.4 Å². The van der Waals surface area contributed by atoms with Gasteiger partial charge in [0, 0.05) is 7.05 Å². The molecule has 1 N–H and O–H groups in total. The molecule has 2 aromatic carbocycles. The summed E-state index contributed by atoms with van der Waals surface area (Å²) in [4.78, 5) is 12.2. The number of anilines is 1. The Morgan fingerprint density at radius 3 is 2.40 bits per heavy atom. The van der Waals surface area contributed by atoms with E-state index in [1.807, 2.05) is 19.9 Å². The zero-order valence-corrected chi connectivity index (χ0v) is 15.1. The first kappa shape index (κ1) is 17.3. The lowest BCUT2D eigenvalue weighted by molar-refractivity contribution is -0.127. The molecule has 0 radical (unpaired) electrons. The third kappa shape index (κ3) is 3.19. The van der Waals surface area contributed by atoms with Gasteiger partial charge in [0.2, 0.25) is 0 Å². The van der Waals surface area contributed by atoms with Crippen molar-refractivity contribution < 1.29 is 17.9 Å². The zero-order valence-electron chi connectivity index (χ0n) is 14.3. The van der Waals surface area contributed by atoms with Crippen LogP contribution in [0.2, 0.25) is 0 Å². The highest BCUT2D eigenvalue weighted by molar-refractivity contribution is 7.92. The molecule has 0 fully saturated rings. The van der Waals surface area contributed by atoms with E-state index >= 15 is 0 Å². The Hall–Kier alpha value is -2.54. The Morgan fingerprint density at radius 1 is 1.12 bits per heavy atom. The van der Waals surface area contributed by atoms with E-state index < -0.39 is 16.1 Å². The first-order valence-corrected chi connectivity index (χ1v) is 9.35. The molecule has 132 valence electrons. The molecule has 0 spiro atoms. The SMILES string of the molecule is CNC(=O)[C@H]1CN(S(=O)(=O)c2ccc(C)cc2)c2ccc(C)cc2O1. The third-order valence-corrected chi connectivity index (χ3v) is 5.93. The fraction of sp³-hybridized carbons (Fsp3) is 0.278. The number of sulfonamides is 1. The number of rotatable bonds is 3. The zero-order chi connectivity index (χ0) is 18.2. The largest absolute Gasteiger partial charge is 0.476 e. The van der Waals surface area contributed by atoms with Crippen LogP contribution in [0.4, 0.5) is 5.69 Å². The minimum atomic E-state index is -3.81. The molecule has 25 heavy (non-hydrogen) atoms. The normalized spacial score (nSPS) is 16.8. The van der Waals surface area contributed by atoms with Crippen molar-refractivity contribution in [2.75, 3.05) is 17.9 Å². The van der Waals surface area contributed by atoms with Gasteiger partial charge < -0.3 is 10.1 Å². The molecule has 0 aromatic heterocycles. The number of amides is 1. The fourth-order valence-electron chi connectivity index (χ4n) is 2.72. The number of carbonyl (C=O) groups excluding carboxylic acids is 1. The maximum absolute atomic E-state index is 13.1. The Labute approximate surface area is 147 Å². The Bertz CT molecular complexity index is 907. The molecule has 1 aliphatic rings. The molecule has 0 saturated heterocycles. The molecular weight excluding hydrogens is 340 g/mol. The molecule has 1 aliphatic heterocycles. The highest BCUT2D eigenvalue weighted by atomic mass is 32.2. The number of nitrogens with zero attached hydrogens (tertiary/aromatic N) is 1. The number of benzene rings is 2. The van der Waals surface area contributed by atoms with E-state index in [0.29, 0.717) is 11.4 Å². The van der Waals surface area contributed by atoms with Crippen LogP contribution in [0.1, 0.15) is 11.1 Å². The number of nitrogens with one attached hydrogen (secondary N) is 1. The highest BCUT2D eigenvalue weighted by Gasteiger charge is 2.37. The van der Waals surface area contributed by atoms with Gasteiger partial charge in [-0.1, -0.05) is 23.8 Å². The van der Waals surface area contributed by atoms with Gasteiger partial charge in [-0.15, -0.1) is 0 Å². The van der Waals surface area contributed by atoms with Gasteiger partial charge >= 0.3 is 0 Å². The number of likely N-dealkylation sites (N-methyl/N-ethyl adjacent to an activating group) is 1. The van der Waals surface area contributed by atoms with E-state index in [-0.39, 0.29) is 17.3 Å². The predicted molar refractivity (Wildman–Crippen MR) is 95.4 cm³/mol. The monoisotopic (exact) mass is 360 g/mol. The number of aryl methyl sites for hydroxylation is 2. The van der Waals surface area contributed by atoms with Crippen LogP contribution >= 0.6 is 0 Å². The summed E-state index contributed by atoms with van der Waals surface area (Å²) in [6, 6.07) is 11.9. The second-order valence-corrected chi connectivity index (χ2v) is 7.90. The summed E-state index contributed by atoms with van der Waals surface area (Å²) in [5.41, 5.74) is 2.33. The quantitative estimate of drug-likeness (QED) is 0.908. The van der Waals surface area contributed by atoms with Gasteiger partial charge in [0.05, 0.1) is 17.1 Å². The molecule has 0 bridgehead atoms. The predicted octanol–water partition coefficient (Wildman–Crippen LogP) is 2.01. The van der Waals surface area contributed by atoms with Crippen LogP contribution in [-0.2, 0) is 14.8 Å². The maximum Gasteiger partial charge on any atom is 0.264 e. The number of carbonyl (C=O) groups is 1. The lowest BCUT2D eigenvalue weighted by atomic mass is 10.1. The minimum Gasteiger partial charge on any atom is -0.476 e. The topological polar surface area (TPSA) is 75.7 Å². The molecule has 1 amide bonds. The standard InChI is InChI=1S/C18H20N2O4S/c1-12-4-7-14(8-5-12)25(22,23)20-11-17(18(21)19-3)24-16-10-13(2)6-9-15(16)20/h4-10,17H,11H2,1-3H3,(H,19,21)/t17-/m1/s1. The molecule has 0 aliphatic carbocycles. The Kier molecular flexibility index (Phi) is 4.43. The summed E-state index contributed by atoms with van der Waals surface area (Å²) in [5.74, 6) is 0.0202. The summed E-state index contributed by atoms with van der Waals surface area (Å²) in [6.07, 6.45) is -0.903. The van der Waals surface area contributed by atoms with Gasteiger partial charge in [-0.05, 0) is 43.7 Å². The first-order valence-electron chi connectivity index (χ1n) is 7.91.